The van der Waals surface area contributed by atoms with Crippen molar-refractivity contribution in [1.29, 1.82) is 0 Å². The highest BCUT2D eigenvalue weighted by Crippen LogP contribution is 2.39. The maximum Gasteiger partial charge on any atom is 0.192 e. The Morgan fingerprint density at radius 1 is 1.25 bits per heavy atom. The van der Waals surface area contributed by atoms with Crippen LogP contribution in [-0.4, -0.2) is 18.0 Å². The topological polar surface area (TPSA) is 34.4 Å². The number of nitrogens with zero attached hydrogens (tertiary/aromatic N) is 1. The normalized spacial score (nSPS) is 13.8. The van der Waals surface area contributed by atoms with E-state index in [1.54, 1.807) is 0 Å². The lowest BCUT2D eigenvalue weighted by Crippen LogP contribution is -2.40. The van der Waals surface area contributed by atoms with Crippen LogP contribution in [0.5, 0.6) is 0 Å². The highest BCUT2D eigenvalue weighted by Gasteiger charge is 2.37. The minimum absolute atomic E-state index is 0.139. The molecule has 2 rings (SSSR count). The predicted molar refractivity (Wildman–Crippen MR) is 125 cm³/mol. The number of aromatic nitrogens is 1. The molecule has 3 nitrogen and oxygen atoms in total. The molecule has 2 aromatic rings. The highest BCUT2D eigenvalue weighted by atomic mass is 28.4. The maximum atomic E-state index is 10.9. The average molecular weight is 400 g/mol. The van der Waals surface area contributed by atoms with E-state index in [4.69, 9.17) is 4.43 Å². The monoisotopic (exact) mass is 399 g/mol. The molecule has 1 N–H and O–H groups in total. The van der Waals surface area contributed by atoms with E-state index in [1.165, 1.54) is 10.9 Å². The molecule has 0 saturated carbocycles. The second kappa shape index (κ2) is 8.71. The molecular weight excluding hydrogens is 362 g/mol. The number of hydrogen-bond donors (Lipinski definition) is 1. The van der Waals surface area contributed by atoms with E-state index in [0.29, 0.717) is 12.5 Å². The van der Waals surface area contributed by atoms with Crippen LogP contribution in [0.25, 0.3) is 22.9 Å². The van der Waals surface area contributed by atoms with Crippen LogP contribution in [0.15, 0.2) is 30.4 Å². The summed E-state index contributed by atoms with van der Waals surface area (Å²) in [5, 5.41) is 12.3. The summed E-state index contributed by atoms with van der Waals surface area (Å²) < 4.78 is 8.56. The summed E-state index contributed by atoms with van der Waals surface area (Å²) in [4.78, 5) is 0. The Kier molecular flexibility index (Phi) is 7.00. The lowest BCUT2D eigenvalue weighted by molar-refractivity contribution is 0.268. The van der Waals surface area contributed by atoms with Crippen molar-refractivity contribution in [3.05, 3.63) is 47.2 Å². The Labute approximate surface area is 171 Å². The molecule has 0 saturated heterocycles. The van der Waals surface area contributed by atoms with Gasteiger partial charge in [0.15, 0.2) is 14.2 Å². The Balaban J connectivity index is 2.70. The molecule has 0 amide bonds. The van der Waals surface area contributed by atoms with E-state index in [2.05, 4.69) is 78.1 Å². The van der Waals surface area contributed by atoms with Crippen molar-refractivity contribution in [3.8, 4) is 0 Å². The van der Waals surface area contributed by atoms with Crippen LogP contribution in [-0.2, 0) is 11.0 Å². The van der Waals surface area contributed by atoms with E-state index < -0.39 is 8.32 Å². The summed E-state index contributed by atoms with van der Waals surface area (Å²) in [6.45, 7) is 18.1. The number of fused-ring (bicyclic) bond motifs is 1. The van der Waals surface area contributed by atoms with Crippen LogP contribution in [0.4, 0.5) is 0 Å². The first kappa shape index (κ1) is 22.5. The molecule has 0 atom stereocenters. The first-order chi connectivity index (χ1) is 13.0. The molecule has 0 fully saturated rings. The number of benzene rings is 1. The van der Waals surface area contributed by atoms with Crippen molar-refractivity contribution in [1.82, 2.24) is 4.57 Å². The van der Waals surface area contributed by atoms with Crippen LogP contribution in [0, 0.1) is 6.92 Å². The lowest BCUT2D eigenvalue weighted by Gasteiger charge is -2.36. The molecule has 1 heterocycles. The molecule has 0 radical (unpaired) electrons. The van der Waals surface area contributed by atoms with Crippen molar-refractivity contribution in [2.24, 2.45) is 0 Å². The summed E-state index contributed by atoms with van der Waals surface area (Å²) in [5.74, 6) is 0.294. The zero-order chi connectivity index (χ0) is 21.1. The third-order valence-corrected chi connectivity index (χ3v) is 10.4. The van der Waals surface area contributed by atoms with E-state index in [9.17, 15) is 5.11 Å². The van der Waals surface area contributed by atoms with Gasteiger partial charge in [-0.25, -0.2) is 0 Å². The van der Waals surface area contributed by atoms with Crippen molar-refractivity contribution >= 4 is 31.2 Å². The van der Waals surface area contributed by atoms with Crippen LogP contribution in [0.2, 0.25) is 18.1 Å². The smallest absolute Gasteiger partial charge is 0.192 e. The van der Waals surface area contributed by atoms with Gasteiger partial charge < -0.3 is 9.53 Å². The molecule has 1 aromatic heterocycles. The van der Waals surface area contributed by atoms with Crippen LogP contribution < -0.4 is 0 Å². The Morgan fingerprint density at radius 2 is 1.93 bits per heavy atom. The van der Waals surface area contributed by atoms with Gasteiger partial charge in [0.1, 0.15) is 0 Å². The summed E-state index contributed by atoms with van der Waals surface area (Å²) >= 11 is 0. The SMILES string of the molecule is CC=Cc1c(CO[Si](C)(C)C(C)(C)C)n(C(O)=CCCC)c2cccc(C)c12. The van der Waals surface area contributed by atoms with Gasteiger partial charge >= 0.3 is 0 Å². The molecule has 1 aromatic carbocycles. The van der Waals surface area contributed by atoms with Crippen LogP contribution in [0.3, 0.4) is 0 Å². The molecule has 28 heavy (non-hydrogen) atoms. The van der Waals surface area contributed by atoms with Crippen LogP contribution in [0.1, 0.15) is 64.3 Å². The first-order valence-electron chi connectivity index (χ1n) is 10.3. The van der Waals surface area contributed by atoms with E-state index >= 15 is 0 Å². The fourth-order valence-electron chi connectivity index (χ4n) is 3.18. The van der Waals surface area contributed by atoms with Gasteiger partial charge in [0.2, 0.25) is 0 Å². The molecule has 154 valence electrons. The standard InChI is InChI=1S/C24H37NO2Si/c1-9-11-16-22(26)25-20-15-12-14-18(3)23(20)19(13-10-2)21(25)17-27-28(7,8)24(4,5)6/h10,12-16,26H,9,11,17H2,1-8H3. The number of hydrogen-bond acceptors (Lipinski definition) is 2. The van der Waals surface area contributed by atoms with Crippen molar-refractivity contribution in [3.63, 3.8) is 0 Å². The number of aliphatic hydroxyl groups is 1. The number of aliphatic hydroxyl groups excluding tert-OH is 1. The zero-order valence-electron chi connectivity index (χ0n) is 18.9. The molecule has 4 heteroatoms. The highest BCUT2D eigenvalue weighted by molar-refractivity contribution is 6.74. The number of unbranched alkanes of at least 4 members (excludes halogenated alkanes) is 1. The Morgan fingerprint density at radius 3 is 2.50 bits per heavy atom. The van der Waals surface area contributed by atoms with E-state index in [-0.39, 0.29) is 5.04 Å². The minimum atomic E-state index is -1.92. The van der Waals surface area contributed by atoms with Gasteiger partial charge in [0.05, 0.1) is 17.8 Å². The second-order valence-electron chi connectivity index (χ2n) is 9.06. The van der Waals surface area contributed by atoms with Gasteiger partial charge in [-0.15, -0.1) is 0 Å². The summed E-state index contributed by atoms with van der Waals surface area (Å²) in [7, 11) is -1.92. The third kappa shape index (κ3) is 4.44. The van der Waals surface area contributed by atoms with Gasteiger partial charge in [0.25, 0.3) is 0 Å². The molecule has 0 unspecified atom stereocenters. The van der Waals surface area contributed by atoms with Crippen molar-refractivity contribution in [2.75, 3.05) is 0 Å². The quantitative estimate of drug-likeness (QED) is 0.383. The second-order valence-corrected chi connectivity index (χ2v) is 13.9. The first-order valence-corrected chi connectivity index (χ1v) is 13.2. The molecule has 0 aliphatic carbocycles. The largest absolute Gasteiger partial charge is 0.494 e. The zero-order valence-corrected chi connectivity index (χ0v) is 19.9. The molecular formula is C24H37NO2Si. The number of allylic oxidation sites excluding steroid dienone is 2. The van der Waals surface area contributed by atoms with Crippen LogP contribution >= 0.6 is 0 Å². The fourth-order valence-corrected chi connectivity index (χ4v) is 4.11. The Bertz CT molecular complexity index is 882. The molecule has 0 aliphatic heterocycles. The van der Waals surface area contributed by atoms with Gasteiger partial charge in [-0.2, -0.15) is 0 Å². The van der Waals surface area contributed by atoms with Gasteiger partial charge in [0, 0.05) is 10.9 Å². The van der Waals surface area contributed by atoms with Gasteiger partial charge in [-0.1, -0.05) is 58.4 Å². The summed E-state index contributed by atoms with van der Waals surface area (Å²) in [5.41, 5.74) is 4.41. The van der Waals surface area contributed by atoms with Crippen molar-refractivity contribution < 1.29 is 9.53 Å². The fraction of sp³-hybridized carbons (Fsp3) is 0.500. The Hall–Kier alpha value is -1.78. The summed E-state index contributed by atoms with van der Waals surface area (Å²) in [6.07, 6.45) is 7.97. The minimum Gasteiger partial charge on any atom is -0.494 e. The maximum absolute atomic E-state index is 10.9. The van der Waals surface area contributed by atoms with Gasteiger partial charge in [-0.05, 0) is 56.1 Å². The molecule has 0 spiro atoms. The van der Waals surface area contributed by atoms with Gasteiger partial charge in [-0.3, -0.25) is 4.57 Å². The average Bonchev–Trinajstić information content (AvgIpc) is 2.92. The lowest BCUT2D eigenvalue weighted by atomic mass is 10.1. The van der Waals surface area contributed by atoms with E-state index in [0.717, 1.165) is 29.6 Å². The number of aryl methyl sites for hydroxylation is 1. The predicted octanol–water partition coefficient (Wildman–Crippen LogP) is 7.66. The molecule has 0 aliphatic rings. The van der Waals surface area contributed by atoms with Crippen molar-refractivity contribution in [2.45, 2.75) is 79.1 Å². The van der Waals surface area contributed by atoms with E-state index in [1.807, 2.05) is 17.6 Å². The summed E-state index contributed by atoms with van der Waals surface area (Å²) in [6, 6.07) is 6.27. The number of rotatable bonds is 7. The molecule has 0 bridgehead atoms. The third-order valence-electron chi connectivity index (χ3n) is 5.90.